The summed E-state index contributed by atoms with van der Waals surface area (Å²) in [4.78, 5) is 29.0. The Balaban J connectivity index is 1.21. The summed E-state index contributed by atoms with van der Waals surface area (Å²) in [6, 6.07) is 4.08. The number of amides is 1. The van der Waals surface area contributed by atoms with Crippen molar-refractivity contribution in [2.24, 2.45) is 0 Å². The summed E-state index contributed by atoms with van der Waals surface area (Å²) in [5.74, 6) is 1.47. The summed E-state index contributed by atoms with van der Waals surface area (Å²) >= 11 is 6.50. The van der Waals surface area contributed by atoms with Gasteiger partial charge in [0.25, 0.3) is 0 Å². The standard InChI is InChI=1S/C27H36ClN5O3/c1-26(2,3)36-25(34)33-19-6-7-20(33)16-31(15-19)24-21-14-29-23(13-18(21)12-22(28)30-24)35-17-27-8-4-10-32(27)11-5-9-27/h12-14,19-20H,4-11,15-17H2,1-3H3. The molecule has 0 spiro atoms. The largest absolute Gasteiger partial charge is 0.476 e. The molecular weight excluding hydrogens is 478 g/mol. The van der Waals surface area contributed by atoms with E-state index < -0.39 is 5.60 Å². The average molecular weight is 514 g/mol. The number of ether oxygens (including phenoxy) is 2. The minimum absolute atomic E-state index is 0.102. The van der Waals surface area contributed by atoms with Crippen molar-refractivity contribution in [2.45, 2.75) is 82.5 Å². The SMILES string of the molecule is CC(C)(C)OC(=O)N1C2CCC1CN(c1nc(Cl)cc3cc(OCC45CCCN4CCC5)ncc13)C2. The lowest BCUT2D eigenvalue weighted by molar-refractivity contribution is 0.0123. The van der Waals surface area contributed by atoms with Gasteiger partial charge in [0.15, 0.2) is 0 Å². The van der Waals surface area contributed by atoms with Gasteiger partial charge < -0.3 is 14.4 Å². The first kappa shape index (κ1) is 24.0. The maximum absolute atomic E-state index is 12.9. The van der Waals surface area contributed by atoms with E-state index in [-0.39, 0.29) is 23.7 Å². The summed E-state index contributed by atoms with van der Waals surface area (Å²) < 4.78 is 12.0. The molecule has 2 unspecified atom stereocenters. The molecule has 4 fully saturated rings. The highest BCUT2D eigenvalue weighted by Crippen LogP contribution is 2.40. The van der Waals surface area contributed by atoms with Crippen LogP contribution >= 0.6 is 11.6 Å². The zero-order valence-electron chi connectivity index (χ0n) is 21.5. The number of pyridine rings is 2. The Labute approximate surface area is 217 Å². The van der Waals surface area contributed by atoms with E-state index in [1.165, 1.54) is 38.8 Å². The molecule has 8 nitrogen and oxygen atoms in total. The van der Waals surface area contributed by atoms with Crippen LogP contribution in [-0.2, 0) is 4.74 Å². The molecule has 0 radical (unpaired) electrons. The lowest BCUT2D eigenvalue weighted by Crippen LogP contribution is -2.57. The summed E-state index contributed by atoms with van der Waals surface area (Å²) in [5.41, 5.74) is -0.317. The van der Waals surface area contributed by atoms with Crippen molar-refractivity contribution < 1.29 is 14.3 Å². The number of carbonyl (C=O) groups is 1. The van der Waals surface area contributed by atoms with Crippen LogP contribution < -0.4 is 9.64 Å². The third kappa shape index (κ3) is 4.36. The van der Waals surface area contributed by atoms with E-state index in [2.05, 4.69) is 14.8 Å². The number of halogens is 1. The molecule has 0 N–H and O–H groups in total. The monoisotopic (exact) mass is 513 g/mol. The first-order chi connectivity index (χ1) is 17.2. The third-order valence-electron chi connectivity index (χ3n) is 8.32. The van der Waals surface area contributed by atoms with E-state index in [1.54, 1.807) is 0 Å². The normalized spacial score (nSPS) is 25.4. The van der Waals surface area contributed by atoms with Gasteiger partial charge >= 0.3 is 6.09 Å². The number of anilines is 1. The molecule has 0 aromatic carbocycles. The Kier molecular flexibility index (Phi) is 5.95. The average Bonchev–Trinajstić information content (AvgIpc) is 3.46. The van der Waals surface area contributed by atoms with Gasteiger partial charge in [0.05, 0.1) is 17.6 Å². The van der Waals surface area contributed by atoms with Gasteiger partial charge in [-0.15, -0.1) is 0 Å². The fourth-order valence-electron chi connectivity index (χ4n) is 6.76. The number of hydrogen-bond acceptors (Lipinski definition) is 7. The van der Waals surface area contributed by atoms with Crippen LogP contribution in [0.2, 0.25) is 5.15 Å². The molecule has 194 valence electrons. The fraction of sp³-hybridized carbons (Fsp3) is 0.667. The van der Waals surface area contributed by atoms with Crippen LogP contribution in [-0.4, -0.2) is 81.9 Å². The Bertz CT molecular complexity index is 1140. The Morgan fingerprint density at radius 2 is 1.83 bits per heavy atom. The van der Waals surface area contributed by atoms with Gasteiger partial charge in [-0.3, -0.25) is 9.80 Å². The van der Waals surface area contributed by atoms with Gasteiger partial charge in [-0.25, -0.2) is 14.8 Å². The third-order valence-corrected chi connectivity index (χ3v) is 8.52. The van der Waals surface area contributed by atoms with E-state index in [9.17, 15) is 4.79 Å². The Morgan fingerprint density at radius 1 is 1.14 bits per heavy atom. The quantitative estimate of drug-likeness (QED) is 0.539. The second kappa shape index (κ2) is 8.91. The van der Waals surface area contributed by atoms with Crippen LogP contribution in [0.25, 0.3) is 10.8 Å². The van der Waals surface area contributed by atoms with Crippen molar-refractivity contribution in [3.63, 3.8) is 0 Å². The molecule has 0 saturated carbocycles. The minimum atomic E-state index is -0.503. The van der Waals surface area contributed by atoms with Crippen molar-refractivity contribution in [2.75, 3.05) is 37.7 Å². The maximum atomic E-state index is 12.9. The Morgan fingerprint density at radius 3 is 2.50 bits per heavy atom. The number of nitrogens with zero attached hydrogens (tertiary/aromatic N) is 5. The molecule has 2 aromatic rings. The molecule has 4 saturated heterocycles. The molecule has 0 aliphatic carbocycles. The number of aromatic nitrogens is 2. The highest BCUT2D eigenvalue weighted by Gasteiger charge is 2.46. The van der Waals surface area contributed by atoms with E-state index in [0.29, 0.717) is 30.7 Å². The zero-order valence-corrected chi connectivity index (χ0v) is 22.3. The molecule has 2 aromatic heterocycles. The number of fused-ring (bicyclic) bond motifs is 4. The summed E-state index contributed by atoms with van der Waals surface area (Å²) in [6.07, 6.45) is 8.50. The van der Waals surface area contributed by atoms with Gasteiger partial charge in [-0.1, -0.05) is 11.6 Å². The van der Waals surface area contributed by atoms with Gasteiger partial charge in [-0.2, -0.15) is 0 Å². The van der Waals surface area contributed by atoms with Crippen molar-refractivity contribution in [1.82, 2.24) is 19.8 Å². The molecule has 4 aliphatic heterocycles. The van der Waals surface area contributed by atoms with Crippen LogP contribution in [0.1, 0.15) is 59.3 Å². The van der Waals surface area contributed by atoms with Crippen LogP contribution in [0.15, 0.2) is 18.3 Å². The molecule has 6 rings (SSSR count). The molecule has 9 heteroatoms. The summed E-state index contributed by atoms with van der Waals surface area (Å²) in [5, 5.41) is 2.38. The zero-order chi connectivity index (χ0) is 25.1. The second-order valence-electron chi connectivity index (χ2n) is 11.9. The van der Waals surface area contributed by atoms with Crippen LogP contribution in [0.4, 0.5) is 10.6 Å². The van der Waals surface area contributed by atoms with E-state index in [1.807, 2.05) is 44.0 Å². The van der Waals surface area contributed by atoms with Crippen molar-refractivity contribution in [1.29, 1.82) is 0 Å². The Hall–Kier alpha value is -2.32. The fourth-order valence-corrected chi connectivity index (χ4v) is 6.95. The number of carbonyl (C=O) groups excluding carboxylic acids is 1. The summed E-state index contributed by atoms with van der Waals surface area (Å²) in [7, 11) is 0. The smallest absolute Gasteiger partial charge is 0.410 e. The predicted octanol–water partition coefficient (Wildman–Crippen LogP) is 4.88. The van der Waals surface area contributed by atoms with Crippen LogP contribution in [0, 0.1) is 0 Å². The lowest BCUT2D eigenvalue weighted by atomic mass is 9.95. The van der Waals surface area contributed by atoms with Crippen molar-refractivity contribution >= 4 is 34.3 Å². The second-order valence-corrected chi connectivity index (χ2v) is 12.3. The van der Waals surface area contributed by atoms with Gasteiger partial charge in [0.1, 0.15) is 23.2 Å². The van der Waals surface area contributed by atoms with Gasteiger partial charge in [0.2, 0.25) is 5.88 Å². The van der Waals surface area contributed by atoms with Crippen LogP contribution in [0.5, 0.6) is 5.88 Å². The maximum Gasteiger partial charge on any atom is 0.410 e. The predicted molar refractivity (Wildman–Crippen MR) is 140 cm³/mol. The minimum Gasteiger partial charge on any atom is -0.476 e. The molecule has 2 atom stereocenters. The number of hydrogen-bond donors (Lipinski definition) is 0. The first-order valence-corrected chi connectivity index (χ1v) is 13.7. The van der Waals surface area contributed by atoms with E-state index in [0.717, 1.165) is 29.4 Å². The highest BCUT2D eigenvalue weighted by atomic mass is 35.5. The molecule has 2 bridgehead atoms. The topological polar surface area (TPSA) is 71.0 Å². The van der Waals surface area contributed by atoms with Crippen molar-refractivity contribution in [3.8, 4) is 5.88 Å². The molecule has 4 aliphatic rings. The lowest BCUT2D eigenvalue weighted by Gasteiger charge is -2.42. The summed E-state index contributed by atoms with van der Waals surface area (Å²) in [6.45, 7) is 10.2. The van der Waals surface area contributed by atoms with E-state index >= 15 is 0 Å². The number of piperazine rings is 1. The van der Waals surface area contributed by atoms with Crippen LogP contribution in [0.3, 0.4) is 0 Å². The molecule has 6 heterocycles. The highest BCUT2D eigenvalue weighted by molar-refractivity contribution is 6.30. The van der Waals surface area contributed by atoms with Gasteiger partial charge in [0, 0.05) is 30.7 Å². The molecular formula is C27H36ClN5O3. The molecule has 36 heavy (non-hydrogen) atoms. The molecule has 1 amide bonds. The number of rotatable bonds is 4. The van der Waals surface area contributed by atoms with Gasteiger partial charge in [-0.05, 0) is 83.8 Å². The van der Waals surface area contributed by atoms with Crippen molar-refractivity contribution in [3.05, 3.63) is 23.5 Å². The van der Waals surface area contributed by atoms with E-state index in [4.69, 9.17) is 26.1 Å². The first-order valence-electron chi connectivity index (χ1n) is 13.3.